The zero-order chi connectivity index (χ0) is 17.4. The third-order valence-corrected chi connectivity index (χ3v) is 4.31. The predicted molar refractivity (Wildman–Crippen MR) is 85.6 cm³/mol. The van der Waals surface area contributed by atoms with E-state index in [0.29, 0.717) is 36.6 Å². The Morgan fingerprint density at radius 3 is 3.00 bits per heavy atom. The highest BCUT2D eigenvalue weighted by atomic mass is 16.7. The number of fused-ring (bicyclic) bond motifs is 2. The van der Waals surface area contributed by atoms with E-state index in [4.69, 9.17) is 14.2 Å². The molecule has 0 aliphatic carbocycles. The van der Waals surface area contributed by atoms with Crippen molar-refractivity contribution in [3.8, 4) is 11.5 Å². The van der Waals surface area contributed by atoms with Crippen molar-refractivity contribution in [1.82, 2.24) is 15.1 Å². The van der Waals surface area contributed by atoms with Crippen LogP contribution in [0.25, 0.3) is 0 Å². The molecular formula is C17H17N3O5. The van der Waals surface area contributed by atoms with Gasteiger partial charge in [-0.1, -0.05) is 0 Å². The maximum Gasteiger partial charge on any atom is 0.359 e. The lowest BCUT2D eigenvalue weighted by atomic mass is 10.0. The van der Waals surface area contributed by atoms with Crippen LogP contribution in [0.1, 0.15) is 39.0 Å². The summed E-state index contributed by atoms with van der Waals surface area (Å²) in [4.78, 5) is 26.5. The second-order valence-electron chi connectivity index (χ2n) is 5.79. The summed E-state index contributed by atoms with van der Waals surface area (Å²) in [6.07, 6.45) is 0.609. The topological polar surface area (TPSA) is 93.8 Å². The van der Waals surface area contributed by atoms with E-state index in [1.807, 2.05) is 0 Å². The van der Waals surface area contributed by atoms with Crippen molar-refractivity contribution in [1.29, 1.82) is 0 Å². The molecule has 0 unspecified atom stereocenters. The molecule has 0 bridgehead atoms. The zero-order valence-corrected chi connectivity index (χ0v) is 13.7. The summed E-state index contributed by atoms with van der Waals surface area (Å²) in [6.45, 7) is 3.04. The van der Waals surface area contributed by atoms with E-state index in [-0.39, 0.29) is 25.0 Å². The molecular weight excluding hydrogens is 326 g/mol. The molecule has 25 heavy (non-hydrogen) atoms. The number of nitrogens with one attached hydrogen (secondary N) is 1. The Morgan fingerprint density at radius 2 is 2.16 bits per heavy atom. The Kier molecular flexibility index (Phi) is 3.79. The fraction of sp³-hybridized carbons (Fsp3) is 0.353. The van der Waals surface area contributed by atoms with Crippen molar-refractivity contribution in [3.63, 3.8) is 0 Å². The van der Waals surface area contributed by atoms with Crippen molar-refractivity contribution < 1.29 is 23.8 Å². The Balaban J connectivity index is 1.56. The minimum Gasteiger partial charge on any atom is -0.461 e. The van der Waals surface area contributed by atoms with Gasteiger partial charge in [0.15, 0.2) is 17.2 Å². The van der Waals surface area contributed by atoms with Crippen LogP contribution in [0.3, 0.4) is 0 Å². The lowest BCUT2D eigenvalue weighted by Crippen LogP contribution is -2.36. The fourth-order valence-electron chi connectivity index (χ4n) is 3.05. The number of carbonyl (C=O) groups is 2. The minimum absolute atomic E-state index is 0.125. The maximum atomic E-state index is 12.8. The number of nitrogens with zero attached hydrogens (tertiary/aromatic N) is 2. The second kappa shape index (κ2) is 6.12. The SMILES string of the molecule is CCOC(=O)c1n[nH]c2c1CN(C(=O)c1ccc3c(c1)OCO3)CC2. The van der Waals surface area contributed by atoms with Gasteiger partial charge in [0.1, 0.15) is 0 Å². The van der Waals surface area contributed by atoms with E-state index in [0.717, 1.165) is 11.3 Å². The standard InChI is InChI=1S/C17H17N3O5/c1-2-23-17(22)15-11-8-20(6-5-12(11)18-19-15)16(21)10-3-4-13-14(7-10)25-9-24-13/h3-4,7H,2,5-6,8-9H2,1H3,(H,18,19). The molecule has 3 heterocycles. The van der Waals surface area contributed by atoms with E-state index in [9.17, 15) is 9.59 Å². The molecule has 2 aliphatic heterocycles. The molecule has 4 rings (SSSR count). The highest BCUT2D eigenvalue weighted by Gasteiger charge is 2.29. The van der Waals surface area contributed by atoms with Crippen LogP contribution in [-0.2, 0) is 17.7 Å². The molecule has 0 radical (unpaired) electrons. The van der Waals surface area contributed by atoms with Crippen molar-refractivity contribution in [2.75, 3.05) is 19.9 Å². The number of aromatic nitrogens is 2. The van der Waals surface area contributed by atoms with Crippen molar-refractivity contribution in [3.05, 3.63) is 40.7 Å². The van der Waals surface area contributed by atoms with Crippen LogP contribution in [-0.4, -0.2) is 46.9 Å². The van der Waals surface area contributed by atoms with Gasteiger partial charge < -0.3 is 19.1 Å². The first-order valence-electron chi connectivity index (χ1n) is 8.09. The number of esters is 1. The number of H-pyrrole nitrogens is 1. The molecule has 8 nitrogen and oxygen atoms in total. The highest BCUT2D eigenvalue weighted by molar-refractivity contribution is 5.95. The summed E-state index contributed by atoms with van der Waals surface area (Å²) in [7, 11) is 0. The largest absolute Gasteiger partial charge is 0.461 e. The third-order valence-electron chi connectivity index (χ3n) is 4.31. The van der Waals surface area contributed by atoms with Gasteiger partial charge >= 0.3 is 5.97 Å². The molecule has 1 aromatic carbocycles. The van der Waals surface area contributed by atoms with E-state index >= 15 is 0 Å². The molecule has 0 saturated carbocycles. The smallest absolute Gasteiger partial charge is 0.359 e. The Labute approximate surface area is 143 Å². The van der Waals surface area contributed by atoms with Crippen LogP contribution >= 0.6 is 0 Å². The van der Waals surface area contributed by atoms with Crippen LogP contribution in [0, 0.1) is 0 Å². The quantitative estimate of drug-likeness (QED) is 0.849. The molecule has 130 valence electrons. The van der Waals surface area contributed by atoms with Crippen molar-refractivity contribution in [2.45, 2.75) is 19.9 Å². The van der Waals surface area contributed by atoms with Crippen LogP contribution in [0.2, 0.25) is 0 Å². The summed E-state index contributed by atoms with van der Waals surface area (Å²) in [5, 5.41) is 6.93. The van der Waals surface area contributed by atoms with Crippen LogP contribution in [0.15, 0.2) is 18.2 Å². The summed E-state index contributed by atoms with van der Waals surface area (Å²) < 4.78 is 15.6. The average Bonchev–Trinajstić information content (AvgIpc) is 3.26. The first-order valence-corrected chi connectivity index (χ1v) is 8.09. The average molecular weight is 343 g/mol. The molecule has 8 heteroatoms. The summed E-state index contributed by atoms with van der Waals surface area (Å²) >= 11 is 0. The molecule has 2 aliphatic rings. The Hall–Kier alpha value is -3.03. The number of amides is 1. The van der Waals surface area contributed by atoms with Gasteiger partial charge in [-0.3, -0.25) is 9.89 Å². The van der Waals surface area contributed by atoms with Gasteiger partial charge in [-0.15, -0.1) is 0 Å². The van der Waals surface area contributed by atoms with Gasteiger partial charge in [-0.2, -0.15) is 5.10 Å². The van der Waals surface area contributed by atoms with E-state index in [1.54, 1.807) is 30.0 Å². The number of hydrogen-bond acceptors (Lipinski definition) is 6. The molecule has 1 aromatic heterocycles. The van der Waals surface area contributed by atoms with E-state index in [1.165, 1.54) is 0 Å². The first-order chi connectivity index (χ1) is 12.2. The number of benzene rings is 1. The number of carbonyl (C=O) groups excluding carboxylic acids is 2. The monoisotopic (exact) mass is 343 g/mol. The van der Waals surface area contributed by atoms with Crippen molar-refractivity contribution >= 4 is 11.9 Å². The molecule has 1 N–H and O–H groups in total. The predicted octanol–water partition coefficient (Wildman–Crippen LogP) is 1.51. The van der Waals surface area contributed by atoms with E-state index < -0.39 is 5.97 Å². The van der Waals surface area contributed by atoms with Gasteiger partial charge in [-0.25, -0.2) is 4.79 Å². The van der Waals surface area contributed by atoms with Gasteiger partial charge in [0.25, 0.3) is 5.91 Å². The number of ether oxygens (including phenoxy) is 3. The molecule has 0 atom stereocenters. The number of aromatic amines is 1. The molecule has 0 spiro atoms. The third kappa shape index (κ3) is 2.69. The van der Waals surface area contributed by atoms with Gasteiger partial charge in [0, 0.05) is 29.8 Å². The zero-order valence-electron chi connectivity index (χ0n) is 13.7. The number of rotatable bonds is 3. The fourth-order valence-corrected chi connectivity index (χ4v) is 3.05. The number of hydrogen-bond donors (Lipinski definition) is 1. The Morgan fingerprint density at radius 1 is 1.32 bits per heavy atom. The summed E-state index contributed by atoms with van der Waals surface area (Å²) in [5.74, 6) is 0.605. The summed E-state index contributed by atoms with van der Waals surface area (Å²) in [6, 6.07) is 5.13. The first kappa shape index (κ1) is 15.5. The maximum absolute atomic E-state index is 12.8. The molecule has 0 saturated heterocycles. The minimum atomic E-state index is -0.475. The van der Waals surface area contributed by atoms with Gasteiger partial charge in [0.05, 0.1) is 13.2 Å². The van der Waals surface area contributed by atoms with Crippen LogP contribution < -0.4 is 9.47 Å². The molecule has 1 amide bonds. The second-order valence-corrected chi connectivity index (χ2v) is 5.79. The van der Waals surface area contributed by atoms with Crippen LogP contribution in [0.4, 0.5) is 0 Å². The van der Waals surface area contributed by atoms with Crippen molar-refractivity contribution in [2.24, 2.45) is 0 Å². The van der Waals surface area contributed by atoms with Crippen LogP contribution in [0.5, 0.6) is 11.5 Å². The summed E-state index contributed by atoms with van der Waals surface area (Å²) in [5.41, 5.74) is 2.37. The Bertz CT molecular complexity index is 845. The van der Waals surface area contributed by atoms with Gasteiger partial charge in [-0.05, 0) is 25.1 Å². The van der Waals surface area contributed by atoms with Gasteiger partial charge in [0.2, 0.25) is 6.79 Å². The molecule has 0 fully saturated rings. The molecule has 2 aromatic rings. The lowest BCUT2D eigenvalue weighted by Gasteiger charge is -2.27. The highest BCUT2D eigenvalue weighted by Crippen LogP contribution is 2.33. The normalized spacial score (nSPS) is 15.0. The van der Waals surface area contributed by atoms with E-state index in [2.05, 4.69) is 10.2 Å². The lowest BCUT2D eigenvalue weighted by molar-refractivity contribution is 0.0513.